The summed E-state index contributed by atoms with van der Waals surface area (Å²) in [6.45, 7) is 4.17. The third-order valence-electron chi connectivity index (χ3n) is 3.21. The van der Waals surface area contributed by atoms with Crippen molar-refractivity contribution in [2.24, 2.45) is 0 Å². The normalized spacial score (nSPS) is 10.6. The zero-order valence-corrected chi connectivity index (χ0v) is 12.4. The topological polar surface area (TPSA) is 73.6 Å². The molecular weight excluding hydrogens is 278 g/mol. The van der Waals surface area contributed by atoms with Gasteiger partial charge in [0.15, 0.2) is 0 Å². The van der Waals surface area contributed by atoms with Gasteiger partial charge in [0.05, 0.1) is 12.2 Å². The van der Waals surface area contributed by atoms with E-state index in [4.69, 9.17) is 0 Å². The van der Waals surface area contributed by atoms with Gasteiger partial charge in [0.1, 0.15) is 5.82 Å². The molecule has 0 unspecified atom stereocenters. The minimum absolute atomic E-state index is 0.154. The fourth-order valence-electron chi connectivity index (χ4n) is 2.12. The first-order valence-electron chi connectivity index (χ1n) is 6.89. The summed E-state index contributed by atoms with van der Waals surface area (Å²) in [5.74, 6) is 0.697. The average Bonchev–Trinajstić information content (AvgIpc) is 2.50. The van der Waals surface area contributed by atoms with Gasteiger partial charge < -0.3 is 0 Å². The fraction of sp³-hybridized carbons (Fsp3) is 0.188. The molecule has 0 aromatic carbocycles. The second kappa shape index (κ2) is 5.85. The second-order valence-corrected chi connectivity index (χ2v) is 5.10. The lowest BCUT2D eigenvalue weighted by Gasteiger charge is -2.07. The third kappa shape index (κ3) is 3.06. The molecule has 0 radical (unpaired) electrons. The molecule has 0 aliphatic heterocycles. The number of nitrogens with zero attached hydrogens (tertiary/aromatic N) is 5. The maximum absolute atomic E-state index is 12.0. The highest BCUT2D eigenvalue weighted by Crippen LogP contribution is 2.13. The van der Waals surface area contributed by atoms with E-state index in [1.165, 1.54) is 10.7 Å². The Morgan fingerprint density at radius 3 is 2.55 bits per heavy atom. The molecule has 0 aliphatic rings. The van der Waals surface area contributed by atoms with Gasteiger partial charge in [-0.15, -0.1) is 0 Å². The first kappa shape index (κ1) is 14.1. The van der Waals surface area contributed by atoms with Crippen LogP contribution in [-0.2, 0) is 6.54 Å². The van der Waals surface area contributed by atoms with Crippen LogP contribution in [0.4, 0.5) is 0 Å². The summed E-state index contributed by atoms with van der Waals surface area (Å²) in [7, 11) is 0. The van der Waals surface area contributed by atoms with Crippen LogP contribution in [0.5, 0.6) is 0 Å². The Balaban J connectivity index is 1.96. The van der Waals surface area contributed by atoms with Crippen LogP contribution < -0.4 is 5.56 Å². The summed E-state index contributed by atoms with van der Waals surface area (Å²) in [5, 5.41) is 4.39. The van der Waals surface area contributed by atoms with Gasteiger partial charge in [-0.1, -0.05) is 6.07 Å². The largest absolute Gasteiger partial charge is 0.268 e. The number of rotatable bonds is 3. The standard InChI is InChI=1S/C16H15N5O/c1-11-5-13(7-17-6-11)10-21-16(22)4-3-15(20-21)14-8-18-12(2)19-9-14/h3-9H,10H2,1-2H3. The summed E-state index contributed by atoms with van der Waals surface area (Å²) < 4.78 is 1.42. The lowest BCUT2D eigenvalue weighted by molar-refractivity contribution is 0.640. The summed E-state index contributed by atoms with van der Waals surface area (Å²) >= 11 is 0. The van der Waals surface area contributed by atoms with Crippen molar-refractivity contribution in [3.63, 3.8) is 0 Å². The quantitative estimate of drug-likeness (QED) is 0.735. The van der Waals surface area contributed by atoms with Gasteiger partial charge in [0.2, 0.25) is 0 Å². The molecule has 3 aromatic heterocycles. The molecular formula is C16H15N5O. The van der Waals surface area contributed by atoms with E-state index in [9.17, 15) is 4.79 Å². The summed E-state index contributed by atoms with van der Waals surface area (Å²) in [6, 6.07) is 5.18. The summed E-state index contributed by atoms with van der Waals surface area (Å²) in [4.78, 5) is 24.4. The van der Waals surface area contributed by atoms with Crippen molar-refractivity contribution in [3.8, 4) is 11.3 Å². The van der Waals surface area contributed by atoms with Crippen molar-refractivity contribution in [1.29, 1.82) is 0 Å². The number of aryl methyl sites for hydroxylation is 2. The average molecular weight is 293 g/mol. The van der Waals surface area contributed by atoms with Gasteiger partial charge in [0.25, 0.3) is 5.56 Å². The van der Waals surface area contributed by atoms with E-state index in [-0.39, 0.29) is 5.56 Å². The molecule has 0 spiro atoms. The molecule has 3 aromatic rings. The highest BCUT2D eigenvalue weighted by atomic mass is 16.1. The van der Waals surface area contributed by atoms with Crippen LogP contribution in [0.3, 0.4) is 0 Å². The van der Waals surface area contributed by atoms with Crippen molar-refractivity contribution in [2.45, 2.75) is 20.4 Å². The molecule has 3 heterocycles. The van der Waals surface area contributed by atoms with Crippen LogP contribution in [0.2, 0.25) is 0 Å². The van der Waals surface area contributed by atoms with Gasteiger partial charge in [-0.3, -0.25) is 9.78 Å². The minimum Gasteiger partial charge on any atom is -0.268 e. The minimum atomic E-state index is -0.154. The Kier molecular flexibility index (Phi) is 3.74. The Hall–Kier alpha value is -2.89. The first-order valence-corrected chi connectivity index (χ1v) is 6.89. The van der Waals surface area contributed by atoms with E-state index in [0.29, 0.717) is 18.1 Å². The molecule has 22 heavy (non-hydrogen) atoms. The van der Waals surface area contributed by atoms with Crippen molar-refractivity contribution in [1.82, 2.24) is 24.7 Å². The summed E-state index contributed by atoms with van der Waals surface area (Å²) in [6.07, 6.45) is 6.92. The van der Waals surface area contributed by atoms with Crippen molar-refractivity contribution in [3.05, 3.63) is 70.3 Å². The lowest BCUT2D eigenvalue weighted by Crippen LogP contribution is -2.23. The number of aromatic nitrogens is 5. The molecule has 110 valence electrons. The third-order valence-corrected chi connectivity index (χ3v) is 3.21. The Bertz CT molecular complexity index is 855. The van der Waals surface area contributed by atoms with E-state index < -0.39 is 0 Å². The highest BCUT2D eigenvalue weighted by molar-refractivity contribution is 5.55. The van der Waals surface area contributed by atoms with Crippen molar-refractivity contribution in [2.75, 3.05) is 0 Å². The van der Waals surface area contributed by atoms with Gasteiger partial charge in [0, 0.05) is 36.4 Å². The molecule has 0 saturated heterocycles. The maximum Gasteiger partial charge on any atom is 0.267 e. The number of pyridine rings is 1. The Morgan fingerprint density at radius 2 is 1.82 bits per heavy atom. The van der Waals surface area contributed by atoms with Gasteiger partial charge in [-0.2, -0.15) is 5.10 Å². The molecule has 0 bridgehead atoms. The van der Waals surface area contributed by atoms with Crippen LogP contribution in [0.15, 0.2) is 47.8 Å². The molecule has 6 nitrogen and oxygen atoms in total. The molecule has 0 N–H and O–H groups in total. The molecule has 0 atom stereocenters. The summed E-state index contributed by atoms with van der Waals surface area (Å²) in [5.41, 5.74) is 3.28. The van der Waals surface area contributed by atoms with Gasteiger partial charge in [-0.05, 0) is 31.0 Å². The Labute approximate surface area is 127 Å². The van der Waals surface area contributed by atoms with E-state index in [1.807, 2.05) is 19.9 Å². The lowest BCUT2D eigenvalue weighted by atomic mass is 10.2. The zero-order chi connectivity index (χ0) is 15.5. The van der Waals surface area contributed by atoms with E-state index in [2.05, 4.69) is 20.1 Å². The highest BCUT2D eigenvalue weighted by Gasteiger charge is 2.05. The Morgan fingerprint density at radius 1 is 1.05 bits per heavy atom. The van der Waals surface area contributed by atoms with E-state index in [0.717, 1.165) is 16.7 Å². The van der Waals surface area contributed by atoms with Crippen LogP contribution in [-0.4, -0.2) is 24.7 Å². The molecule has 0 amide bonds. The predicted octanol–water partition coefficient (Wildman–Crippen LogP) is 1.76. The SMILES string of the molecule is Cc1cncc(Cn2nc(-c3cnc(C)nc3)ccc2=O)c1. The molecule has 0 saturated carbocycles. The van der Waals surface area contributed by atoms with Crippen molar-refractivity contribution < 1.29 is 0 Å². The molecule has 3 rings (SSSR count). The van der Waals surface area contributed by atoms with Crippen LogP contribution in [0.1, 0.15) is 17.0 Å². The van der Waals surface area contributed by atoms with E-state index >= 15 is 0 Å². The van der Waals surface area contributed by atoms with E-state index in [1.54, 1.807) is 30.9 Å². The molecule has 6 heteroatoms. The second-order valence-electron chi connectivity index (χ2n) is 5.10. The molecule has 0 aliphatic carbocycles. The van der Waals surface area contributed by atoms with Crippen LogP contribution in [0.25, 0.3) is 11.3 Å². The van der Waals surface area contributed by atoms with Crippen LogP contribution in [0, 0.1) is 13.8 Å². The molecule has 0 fully saturated rings. The monoisotopic (exact) mass is 293 g/mol. The first-order chi connectivity index (χ1) is 10.6. The number of hydrogen-bond acceptors (Lipinski definition) is 5. The smallest absolute Gasteiger partial charge is 0.267 e. The van der Waals surface area contributed by atoms with Gasteiger partial charge >= 0.3 is 0 Å². The van der Waals surface area contributed by atoms with Crippen LogP contribution >= 0.6 is 0 Å². The van der Waals surface area contributed by atoms with Crippen molar-refractivity contribution >= 4 is 0 Å². The van der Waals surface area contributed by atoms with Gasteiger partial charge in [-0.25, -0.2) is 14.6 Å². The number of hydrogen-bond donors (Lipinski definition) is 0. The maximum atomic E-state index is 12.0. The predicted molar refractivity (Wildman–Crippen MR) is 82.3 cm³/mol. The fourth-order valence-corrected chi connectivity index (χ4v) is 2.12. The zero-order valence-electron chi connectivity index (χ0n) is 12.4.